The van der Waals surface area contributed by atoms with Crippen molar-refractivity contribution < 1.29 is 0 Å². The predicted molar refractivity (Wildman–Crippen MR) is 254 cm³/mol. The van der Waals surface area contributed by atoms with Crippen molar-refractivity contribution >= 4 is 49.0 Å². The average Bonchev–Trinajstić information content (AvgIpc) is 3.63. The van der Waals surface area contributed by atoms with E-state index in [2.05, 4.69) is 219 Å². The van der Waals surface area contributed by atoms with Gasteiger partial charge in [-0.05, 0) is 128 Å². The highest BCUT2D eigenvalue weighted by molar-refractivity contribution is 6.21. The third-order valence-corrected chi connectivity index (χ3v) is 12.4. The van der Waals surface area contributed by atoms with Gasteiger partial charge in [-0.25, -0.2) is 0 Å². The van der Waals surface area contributed by atoms with E-state index in [0.29, 0.717) is 0 Å². The Balaban J connectivity index is 0.998. The van der Waals surface area contributed by atoms with Crippen LogP contribution in [0.2, 0.25) is 0 Å². The van der Waals surface area contributed by atoms with Crippen LogP contribution in [-0.4, -0.2) is 4.57 Å². The molecule has 1 heteroatoms. The topological polar surface area (TPSA) is 4.93 Å². The fourth-order valence-electron chi connectivity index (χ4n) is 9.46. The fourth-order valence-corrected chi connectivity index (χ4v) is 9.46. The summed E-state index contributed by atoms with van der Waals surface area (Å²) < 4.78 is 2.46. The molecule has 1 aromatic heterocycles. The maximum Gasteiger partial charge on any atom is 0.0538 e. The second-order valence-corrected chi connectivity index (χ2v) is 16.2. The number of hydrogen-bond acceptors (Lipinski definition) is 0. The van der Waals surface area contributed by atoms with Crippen molar-refractivity contribution in [3.8, 4) is 55.6 Å². The molecule has 0 spiro atoms. The molecule has 0 saturated heterocycles. The Morgan fingerprint density at radius 2 is 0.831 bits per heavy atom. The normalized spacial score (nSPS) is 12.8. The molecule has 9 aromatic carbocycles. The second kappa shape index (κ2) is 14.3. The number of benzene rings is 9. The Morgan fingerprint density at radius 3 is 1.39 bits per heavy atom. The first-order valence-corrected chi connectivity index (χ1v) is 20.8. The number of nitrogens with zero attached hydrogens (tertiary/aromatic N) is 1. The van der Waals surface area contributed by atoms with Crippen LogP contribution < -0.4 is 0 Å². The maximum absolute atomic E-state index is 2.46. The molecule has 0 N–H and O–H groups in total. The summed E-state index contributed by atoms with van der Waals surface area (Å²) in [6, 6.07) is 67.7. The van der Waals surface area contributed by atoms with E-state index < -0.39 is 0 Å². The summed E-state index contributed by atoms with van der Waals surface area (Å²) in [5.74, 6) is 0. The Kier molecular flexibility index (Phi) is 8.48. The van der Waals surface area contributed by atoms with E-state index in [-0.39, 0.29) is 0 Å². The van der Waals surface area contributed by atoms with Crippen LogP contribution in [0.25, 0.3) is 105 Å². The first-order valence-electron chi connectivity index (χ1n) is 20.8. The van der Waals surface area contributed by atoms with Gasteiger partial charge in [0.05, 0.1) is 11.0 Å². The largest absolute Gasteiger partial charge is 0.313 e. The SMILES string of the molecule is Cc1ccc2c(-c3ccc(-c4ccc5c(c4)c4ccccc4n5C4=CC=CCC4)cc3)c3cc(C)ccc3c(-c3ccc(-c4ccc(-c5ccccc5)cc4)cc3)c2c1. The molecule has 0 amide bonds. The number of aryl methyl sites for hydroxylation is 2. The molecule has 0 bridgehead atoms. The zero-order valence-corrected chi connectivity index (χ0v) is 33.4. The molecule has 1 aliphatic carbocycles. The fraction of sp³-hybridized carbons (Fsp3) is 0.0690. The van der Waals surface area contributed by atoms with Crippen molar-refractivity contribution in [2.75, 3.05) is 0 Å². The lowest BCUT2D eigenvalue weighted by Crippen LogP contribution is -1.98. The molecule has 11 rings (SSSR count). The number of hydrogen-bond donors (Lipinski definition) is 0. The smallest absolute Gasteiger partial charge is 0.0538 e. The van der Waals surface area contributed by atoms with Crippen molar-refractivity contribution in [1.29, 1.82) is 0 Å². The van der Waals surface area contributed by atoms with Crippen LogP contribution in [0.3, 0.4) is 0 Å². The number of rotatable bonds is 6. The predicted octanol–water partition coefficient (Wildman–Crippen LogP) is 16.2. The van der Waals surface area contributed by atoms with Gasteiger partial charge < -0.3 is 4.57 Å². The van der Waals surface area contributed by atoms with E-state index in [0.717, 1.165) is 12.8 Å². The van der Waals surface area contributed by atoms with E-state index in [9.17, 15) is 0 Å². The molecule has 1 heterocycles. The third kappa shape index (κ3) is 6.10. The summed E-state index contributed by atoms with van der Waals surface area (Å²) in [5.41, 5.74) is 18.8. The average molecular weight is 754 g/mol. The van der Waals surface area contributed by atoms with Crippen LogP contribution in [0.5, 0.6) is 0 Å². The number of allylic oxidation sites excluding steroid dienone is 4. The highest BCUT2D eigenvalue weighted by atomic mass is 15.0. The first-order chi connectivity index (χ1) is 29.1. The van der Waals surface area contributed by atoms with Crippen LogP contribution in [0.15, 0.2) is 200 Å². The zero-order valence-electron chi connectivity index (χ0n) is 33.4. The van der Waals surface area contributed by atoms with Crippen LogP contribution in [-0.2, 0) is 0 Å². The number of fused-ring (bicyclic) bond motifs is 5. The van der Waals surface area contributed by atoms with E-state index in [1.165, 1.54) is 116 Å². The van der Waals surface area contributed by atoms with Gasteiger partial charge in [-0.1, -0.05) is 187 Å². The maximum atomic E-state index is 2.46. The summed E-state index contributed by atoms with van der Waals surface area (Å²) in [6.07, 6.45) is 8.85. The van der Waals surface area contributed by atoms with Crippen LogP contribution >= 0.6 is 0 Å². The number of para-hydroxylation sites is 1. The monoisotopic (exact) mass is 753 g/mol. The summed E-state index contributed by atoms with van der Waals surface area (Å²) in [4.78, 5) is 0. The molecule has 59 heavy (non-hydrogen) atoms. The van der Waals surface area contributed by atoms with Gasteiger partial charge in [0.25, 0.3) is 0 Å². The molecule has 1 nitrogen and oxygen atoms in total. The van der Waals surface area contributed by atoms with Gasteiger partial charge in [0.2, 0.25) is 0 Å². The summed E-state index contributed by atoms with van der Waals surface area (Å²) in [7, 11) is 0. The van der Waals surface area contributed by atoms with Crippen molar-refractivity contribution in [3.63, 3.8) is 0 Å². The molecule has 10 aromatic rings. The lowest BCUT2D eigenvalue weighted by Gasteiger charge is -2.19. The Labute approximate surface area is 345 Å². The van der Waals surface area contributed by atoms with Gasteiger partial charge in [0, 0.05) is 16.5 Å². The lowest BCUT2D eigenvalue weighted by molar-refractivity contribution is 0.979. The number of aromatic nitrogens is 1. The minimum absolute atomic E-state index is 1.05. The van der Waals surface area contributed by atoms with Crippen LogP contribution in [0, 0.1) is 13.8 Å². The van der Waals surface area contributed by atoms with E-state index >= 15 is 0 Å². The van der Waals surface area contributed by atoms with E-state index in [1.54, 1.807) is 0 Å². The molecule has 0 atom stereocenters. The first kappa shape index (κ1) is 35.0. The lowest BCUT2D eigenvalue weighted by atomic mass is 9.84. The Hall–Kier alpha value is -7.22. The Bertz CT molecular complexity index is 3280. The van der Waals surface area contributed by atoms with Crippen molar-refractivity contribution in [1.82, 2.24) is 4.57 Å². The van der Waals surface area contributed by atoms with E-state index in [4.69, 9.17) is 0 Å². The van der Waals surface area contributed by atoms with Gasteiger partial charge in [-0.3, -0.25) is 0 Å². The third-order valence-electron chi connectivity index (χ3n) is 12.4. The molecule has 0 fully saturated rings. The van der Waals surface area contributed by atoms with Crippen molar-refractivity contribution in [2.45, 2.75) is 26.7 Å². The minimum atomic E-state index is 1.05. The van der Waals surface area contributed by atoms with Crippen molar-refractivity contribution in [2.24, 2.45) is 0 Å². The minimum Gasteiger partial charge on any atom is -0.313 e. The van der Waals surface area contributed by atoms with E-state index in [1.807, 2.05) is 0 Å². The van der Waals surface area contributed by atoms with Gasteiger partial charge in [-0.15, -0.1) is 0 Å². The second-order valence-electron chi connectivity index (χ2n) is 16.2. The van der Waals surface area contributed by atoms with Gasteiger partial charge in [0.15, 0.2) is 0 Å². The summed E-state index contributed by atoms with van der Waals surface area (Å²) in [6.45, 7) is 4.41. The van der Waals surface area contributed by atoms with Crippen molar-refractivity contribution in [3.05, 3.63) is 211 Å². The standard InChI is InChI=1S/C58H43N/c1-38-18-33-51-53(35-38)57(45-27-23-43(24-28-45)42-21-19-41(20-22-42)40-11-5-3-6-12-40)50-32-17-39(2)36-54(50)58(51)46-29-25-44(26-30-46)47-31-34-56-52(37-47)49-15-9-10-16-55(49)59(56)48-13-7-4-8-14-48/h3-7,9-13,15-37H,8,14H2,1-2H3. The van der Waals surface area contributed by atoms with Gasteiger partial charge in [-0.2, -0.15) is 0 Å². The molecular formula is C58H43N. The molecule has 1 aliphatic rings. The van der Waals surface area contributed by atoms with Crippen LogP contribution in [0.1, 0.15) is 24.0 Å². The highest BCUT2D eigenvalue weighted by Gasteiger charge is 2.19. The molecular weight excluding hydrogens is 711 g/mol. The van der Waals surface area contributed by atoms with Gasteiger partial charge >= 0.3 is 0 Å². The molecule has 0 unspecified atom stereocenters. The summed E-state index contributed by atoms with van der Waals surface area (Å²) >= 11 is 0. The quantitative estimate of drug-likeness (QED) is 0.149. The zero-order chi connectivity index (χ0) is 39.5. The highest BCUT2D eigenvalue weighted by Crippen LogP contribution is 2.45. The van der Waals surface area contributed by atoms with Gasteiger partial charge in [0.1, 0.15) is 0 Å². The Morgan fingerprint density at radius 1 is 0.356 bits per heavy atom. The summed E-state index contributed by atoms with van der Waals surface area (Å²) in [5, 5.41) is 7.71. The molecule has 280 valence electrons. The van der Waals surface area contributed by atoms with Crippen LogP contribution in [0.4, 0.5) is 0 Å². The molecule has 0 aliphatic heterocycles. The molecule has 0 saturated carbocycles. The molecule has 0 radical (unpaired) electrons.